The number of hydrogen-bond acceptors (Lipinski definition) is 3. The predicted molar refractivity (Wildman–Crippen MR) is 79.6 cm³/mol. The molecule has 5 heteroatoms. The molecule has 1 aliphatic carbocycles. The normalized spacial score (nSPS) is 23.8. The van der Waals surface area contributed by atoms with Gasteiger partial charge in [-0.2, -0.15) is 0 Å². The van der Waals surface area contributed by atoms with Crippen molar-refractivity contribution in [2.24, 2.45) is 5.73 Å². The van der Waals surface area contributed by atoms with Crippen molar-refractivity contribution in [3.63, 3.8) is 0 Å². The van der Waals surface area contributed by atoms with Gasteiger partial charge >= 0.3 is 0 Å². The molecule has 0 spiro atoms. The molecule has 18 heavy (non-hydrogen) atoms. The second-order valence-corrected chi connectivity index (χ2v) is 6.02. The summed E-state index contributed by atoms with van der Waals surface area (Å²) in [5, 5.41) is 4.20. The molecule has 3 N–H and O–H groups in total. The zero-order valence-corrected chi connectivity index (χ0v) is 12.7. The second kappa shape index (κ2) is 6.13. The maximum absolute atomic E-state index is 6.07. The number of rotatable bonds is 3. The van der Waals surface area contributed by atoms with Gasteiger partial charge in [0.15, 0.2) is 5.75 Å². The van der Waals surface area contributed by atoms with Crippen molar-refractivity contribution in [2.45, 2.75) is 37.8 Å². The van der Waals surface area contributed by atoms with Gasteiger partial charge in [-0.3, -0.25) is 0 Å². The van der Waals surface area contributed by atoms with Crippen LogP contribution in [-0.2, 0) is 0 Å². The first-order chi connectivity index (χ1) is 8.60. The summed E-state index contributed by atoms with van der Waals surface area (Å²) in [5.74, 6) is 0.800. The van der Waals surface area contributed by atoms with Crippen LogP contribution in [0.25, 0.3) is 0 Å². The van der Waals surface area contributed by atoms with Crippen LogP contribution in [0.15, 0.2) is 16.6 Å². The molecule has 0 aromatic heterocycles. The molecule has 0 unspecified atom stereocenters. The van der Waals surface area contributed by atoms with Crippen molar-refractivity contribution in [3.8, 4) is 5.75 Å². The van der Waals surface area contributed by atoms with Crippen LogP contribution in [0.5, 0.6) is 5.75 Å². The lowest BCUT2D eigenvalue weighted by molar-refractivity contribution is 0.400. The smallest absolute Gasteiger partial charge is 0.156 e. The van der Waals surface area contributed by atoms with E-state index in [0.29, 0.717) is 17.1 Å². The van der Waals surface area contributed by atoms with Gasteiger partial charge < -0.3 is 15.8 Å². The summed E-state index contributed by atoms with van der Waals surface area (Å²) < 4.78 is 6.27. The third kappa shape index (κ3) is 3.31. The van der Waals surface area contributed by atoms with Crippen molar-refractivity contribution in [1.29, 1.82) is 0 Å². The molecule has 1 aromatic rings. The van der Waals surface area contributed by atoms with E-state index in [1.807, 2.05) is 12.1 Å². The number of benzene rings is 1. The molecule has 0 atom stereocenters. The summed E-state index contributed by atoms with van der Waals surface area (Å²) in [6.07, 6.45) is 4.33. The van der Waals surface area contributed by atoms with Gasteiger partial charge in [-0.25, -0.2) is 0 Å². The topological polar surface area (TPSA) is 47.3 Å². The van der Waals surface area contributed by atoms with E-state index < -0.39 is 0 Å². The highest BCUT2D eigenvalue weighted by molar-refractivity contribution is 9.10. The van der Waals surface area contributed by atoms with Gasteiger partial charge in [-0.15, -0.1) is 0 Å². The number of nitrogens with one attached hydrogen (secondary N) is 1. The van der Waals surface area contributed by atoms with Crippen LogP contribution in [0.3, 0.4) is 0 Å². The molecule has 0 heterocycles. The van der Waals surface area contributed by atoms with E-state index in [0.717, 1.165) is 41.6 Å². The molecule has 100 valence electrons. The minimum Gasteiger partial charge on any atom is -0.493 e. The van der Waals surface area contributed by atoms with Crippen LogP contribution in [0, 0.1) is 0 Å². The number of methoxy groups -OCH3 is 1. The van der Waals surface area contributed by atoms with Crippen LogP contribution in [0.2, 0.25) is 5.02 Å². The number of hydrogen-bond donors (Lipinski definition) is 2. The Morgan fingerprint density at radius 2 is 2.00 bits per heavy atom. The molecule has 1 aliphatic rings. The van der Waals surface area contributed by atoms with E-state index in [-0.39, 0.29) is 0 Å². The number of halogens is 2. The van der Waals surface area contributed by atoms with Gasteiger partial charge in [-0.05, 0) is 53.7 Å². The third-order valence-corrected chi connectivity index (χ3v) is 4.15. The van der Waals surface area contributed by atoms with E-state index in [2.05, 4.69) is 21.2 Å². The van der Waals surface area contributed by atoms with Gasteiger partial charge in [0.1, 0.15) is 0 Å². The minimum absolute atomic E-state index is 0.357. The predicted octanol–water partition coefficient (Wildman–Crippen LogP) is 3.79. The molecule has 3 nitrogen and oxygen atoms in total. The first-order valence-corrected chi connectivity index (χ1v) is 7.32. The molecular weight excluding hydrogens is 316 g/mol. The molecule has 2 rings (SSSR count). The van der Waals surface area contributed by atoms with Crippen molar-refractivity contribution >= 4 is 33.2 Å². The van der Waals surface area contributed by atoms with Gasteiger partial charge in [-0.1, -0.05) is 11.6 Å². The molecule has 0 amide bonds. The summed E-state index contributed by atoms with van der Waals surface area (Å²) >= 11 is 9.54. The van der Waals surface area contributed by atoms with Crippen LogP contribution < -0.4 is 15.8 Å². The molecule has 0 radical (unpaired) electrons. The Morgan fingerprint density at radius 1 is 1.33 bits per heavy atom. The van der Waals surface area contributed by atoms with E-state index >= 15 is 0 Å². The average Bonchev–Trinajstić information content (AvgIpc) is 2.32. The molecule has 1 aromatic carbocycles. The molecule has 1 fully saturated rings. The minimum atomic E-state index is 0.357. The standard InChI is InChI=1S/C13H18BrClN2O/c1-18-13-11(14)6-8(15)7-12(13)17-10-4-2-9(16)3-5-10/h6-7,9-10,17H,2-5,16H2,1H3. The zero-order chi connectivity index (χ0) is 13.1. The average molecular weight is 334 g/mol. The largest absolute Gasteiger partial charge is 0.493 e. The highest BCUT2D eigenvalue weighted by atomic mass is 79.9. The van der Waals surface area contributed by atoms with Crippen LogP contribution in [-0.4, -0.2) is 19.2 Å². The number of nitrogens with two attached hydrogens (primary N) is 1. The Hall–Kier alpha value is -0.450. The quantitative estimate of drug-likeness (QED) is 0.884. The fourth-order valence-electron chi connectivity index (χ4n) is 2.36. The molecule has 0 bridgehead atoms. The molecular formula is C13H18BrClN2O. The summed E-state index contributed by atoms with van der Waals surface area (Å²) in [4.78, 5) is 0. The van der Waals surface area contributed by atoms with Gasteiger partial charge in [0.05, 0.1) is 17.3 Å². The van der Waals surface area contributed by atoms with Gasteiger partial charge in [0, 0.05) is 17.1 Å². The highest BCUT2D eigenvalue weighted by Gasteiger charge is 2.20. The first kappa shape index (κ1) is 14.0. The summed E-state index contributed by atoms with van der Waals surface area (Å²) in [6, 6.07) is 4.54. The van der Waals surface area contributed by atoms with Crippen LogP contribution >= 0.6 is 27.5 Å². The Balaban J connectivity index is 2.13. The van der Waals surface area contributed by atoms with Crippen molar-refractivity contribution in [1.82, 2.24) is 0 Å². The summed E-state index contributed by atoms with van der Waals surface area (Å²) in [5.41, 5.74) is 6.86. The third-order valence-electron chi connectivity index (χ3n) is 3.34. The van der Waals surface area contributed by atoms with E-state index in [9.17, 15) is 0 Å². The van der Waals surface area contributed by atoms with Gasteiger partial charge in [0.25, 0.3) is 0 Å². The fraction of sp³-hybridized carbons (Fsp3) is 0.538. The zero-order valence-electron chi connectivity index (χ0n) is 10.4. The Kier molecular flexibility index (Phi) is 4.76. The van der Waals surface area contributed by atoms with Crippen LogP contribution in [0.1, 0.15) is 25.7 Å². The maximum atomic E-state index is 6.07. The number of anilines is 1. The SMILES string of the molecule is COc1c(Br)cc(Cl)cc1NC1CCC(N)CC1. The highest BCUT2D eigenvalue weighted by Crippen LogP contribution is 2.37. The molecule has 0 aliphatic heterocycles. The van der Waals surface area contributed by atoms with Crippen molar-refractivity contribution < 1.29 is 4.74 Å². The maximum Gasteiger partial charge on any atom is 0.156 e. The van der Waals surface area contributed by atoms with E-state index in [4.69, 9.17) is 22.1 Å². The fourth-order valence-corrected chi connectivity index (χ4v) is 3.33. The lowest BCUT2D eigenvalue weighted by Crippen LogP contribution is -2.32. The van der Waals surface area contributed by atoms with Crippen LogP contribution in [0.4, 0.5) is 5.69 Å². The Labute approximate surface area is 121 Å². The van der Waals surface area contributed by atoms with Crippen molar-refractivity contribution in [3.05, 3.63) is 21.6 Å². The second-order valence-electron chi connectivity index (χ2n) is 4.72. The van der Waals surface area contributed by atoms with E-state index in [1.165, 1.54) is 0 Å². The summed E-state index contributed by atoms with van der Waals surface area (Å²) in [6.45, 7) is 0. The monoisotopic (exact) mass is 332 g/mol. The van der Waals surface area contributed by atoms with E-state index in [1.54, 1.807) is 7.11 Å². The lowest BCUT2D eigenvalue weighted by atomic mass is 9.91. The molecule has 1 saturated carbocycles. The number of ether oxygens (including phenoxy) is 1. The Morgan fingerprint density at radius 3 is 2.61 bits per heavy atom. The van der Waals surface area contributed by atoms with Gasteiger partial charge in [0.2, 0.25) is 0 Å². The summed E-state index contributed by atoms with van der Waals surface area (Å²) in [7, 11) is 1.66. The van der Waals surface area contributed by atoms with Crippen molar-refractivity contribution in [2.75, 3.05) is 12.4 Å². The lowest BCUT2D eigenvalue weighted by Gasteiger charge is -2.28. The Bertz CT molecular complexity index is 420. The molecule has 0 saturated heterocycles. The first-order valence-electron chi connectivity index (χ1n) is 6.15.